The second-order valence-electron chi connectivity index (χ2n) is 6.76. The summed E-state index contributed by atoms with van der Waals surface area (Å²) in [4.78, 5) is 41.1. The lowest BCUT2D eigenvalue weighted by Crippen LogP contribution is -2.45. The van der Waals surface area contributed by atoms with Crippen molar-refractivity contribution in [1.29, 1.82) is 0 Å². The molecular formula is C18H18N2O5. The quantitative estimate of drug-likeness (QED) is 0.851. The lowest BCUT2D eigenvalue weighted by atomic mass is 9.74. The van der Waals surface area contributed by atoms with Gasteiger partial charge >= 0.3 is 5.97 Å². The van der Waals surface area contributed by atoms with E-state index in [1.165, 1.54) is 6.07 Å². The van der Waals surface area contributed by atoms with Crippen LogP contribution in [0.2, 0.25) is 0 Å². The maximum Gasteiger partial charge on any atom is 0.311 e. The molecule has 1 aromatic carbocycles. The molecule has 1 amide bonds. The van der Waals surface area contributed by atoms with Crippen molar-refractivity contribution in [2.24, 2.45) is 11.3 Å². The van der Waals surface area contributed by atoms with Gasteiger partial charge in [0, 0.05) is 42.6 Å². The predicted molar refractivity (Wildman–Crippen MR) is 89.5 cm³/mol. The summed E-state index contributed by atoms with van der Waals surface area (Å²) in [6.45, 7) is 1.20. The second kappa shape index (κ2) is 5.70. The number of carbonyl (C=O) groups excluding carboxylic acids is 1. The Labute approximate surface area is 143 Å². The first kappa shape index (κ1) is 15.8. The number of rotatable bonds is 2. The van der Waals surface area contributed by atoms with Crippen LogP contribution in [0.1, 0.15) is 16.8 Å². The Morgan fingerprint density at radius 1 is 1.32 bits per heavy atom. The molecule has 0 radical (unpaired) electrons. The van der Waals surface area contributed by atoms with Gasteiger partial charge in [0.2, 0.25) is 5.56 Å². The first-order chi connectivity index (χ1) is 12.0. The predicted octanol–water partition coefficient (Wildman–Crippen LogP) is 1.09. The number of fused-ring (bicyclic) bond motifs is 2. The van der Waals surface area contributed by atoms with Gasteiger partial charge in [-0.3, -0.25) is 14.4 Å². The maximum absolute atomic E-state index is 13.1. The molecule has 2 N–H and O–H groups in total. The van der Waals surface area contributed by atoms with Crippen molar-refractivity contribution < 1.29 is 19.4 Å². The average Bonchev–Trinajstić information content (AvgIpc) is 3.01. The normalized spacial score (nSPS) is 25.8. The summed E-state index contributed by atoms with van der Waals surface area (Å²) < 4.78 is 5.43. The van der Waals surface area contributed by atoms with Gasteiger partial charge in [0.25, 0.3) is 5.91 Å². The molecule has 2 fully saturated rings. The van der Waals surface area contributed by atoms with E-state index in [9.17, 15) is 19.5 Å². The smallest absolute Gasteiger partial charge is 0.311 e. The summed E-state index contributed by atoms with van der Waals surface area (Å²) >= 11 is 0. The highest BCUT2D eigenvalue weighted by Gasteiger charge is 2.55. The molecule has 2 saturated heterocycles. The van der Waals surface area contributed by atoms with E-state index in [1.807, 2.05) is 0 Å². The molecule has 7 nitrogen and oxygen atoms in total. The Bertz CT molecular complexity index is 921. The third-order valence-corrected chi connectivity index (χ3v) is 5.40. The molecule has 2 aliphatic rings. The fourth-order valence-corrected chi connectivity index (χ4v) is 4.01. The minimum absolute atomic E-state index is 0.149. The number of aromatic nitrogens is 1. The number of aromatic amines is 1. The Kier molecular flexibility index (Phi) is 3.61. The molecule has 2 aliphatic heterocycles. The summed E-state index contributed by atoms with van der Waals surface area (Å²) in [5.74, 6) is -1.42. The van der Waals surface area contributed by atoms with Gasteiger partial charge in [-0.2, -0.15) is 0 Å². The van der Waals surface area contributed by atoms with Crippen LogP contribution in [0, 0.1) is 11.3 Å². The molecule has 0 saturated carbocycles. The number of amides is 1. The molecule has 130 valence electrons. The lowest BCUT2D eigenvalue weighted by Gasteiger charge is -2.33. The Balaban J connectivity index is 1.73. The van der Waals surface area contributed by atoms with Crippen molar-refractivity contribution in [2.75, 3.05) is 26.3 Å². The molecule has 4 rings (SSSR count). The topological polar surface area (TPSA) is 99.7 Å². The molecule has 0 aliphatic carbocycles. The molecule has 7 heteroatoms. The molecule has 0 bridgehead atoms. The van der Waals surface area contributed by atoms with Crippen molar-refractivity contribution in [3.05, 3.63) is 46.2 Å². The van der Waals surface area contributed by atoms with E-state index in [1.54, 1.807) is 29.2 Å². The third kappa shape index (κ3) is 2.42. The van der Waals surface area contributed by atoms with Gasteiger partial charge in [0.15, 0.2) is 0 Å². The van der Waals surface area contributed by atoms with Crippen LogP contribution in [0.25, 0.3) is 10.9 Å². The SMILES string of the molecule is O=C(c1cc(=O)[nH]c2ccccc12)N1C[C@H]2COCC[C@@]2(C(=O)O)C1. The van der Waals surface area contributed by atoms with Gasteiger partial charge in [-0.05, 0) is 12.5 Å². The molecule has 2 atom stereocenters. The highest BCUT2D eigenvalue weighted by Crippen LogP contribution is 2.43. The van der Waals surface area contributed by atoms with Crippen LogP contribution in [0.3, 0.4) is 0 Å². The molecular weight excluding hydrogens is 324 g/mol. The minimum atomic E-state index is -0.953. The van der Waals surface area contributed by atoms with Crippen LogP contribution in [0.5, 0.6) is 0 Å². The van der Waals surface area contributed by atoms with E-state index in [0.29, 0.717) is 42.6 Å². The summed E-state index contributed by atoms with van der Waals surface area (Å²) in [6, 6.07) is 8.39. The number of aliphatic carboxylic acids is 1. The summed E-state index contributed by atoms with van der Waals surface area (Å²) in [5.41, 5.74) is -0.411. The number of nitrogens with one attached hydrogen (secondary N) is 1. The number of likely N-dealkylation sites (tertiary alicyclic amines) is 1. The van der Waals surface area contributed by atoms with Crippen LogP contribution in [-0.2, 0) is 9.53 Å². The van der Waals surface area contributed by atoms with Crippen molar-refractivity contribution in [2.45, 2.75) is 6.42 Å². The minimum Gasteiger partial charge on any atom is -0.481 e. The summed E-state index contributed by atoms with van der Waals surface area (Å²) in [5, 5.41) is 10.4. The highest BCUT2D eigenvalue weighted by molar-refractivity contribution is 6.06. The zero-order valence-corrected chi connectivity index (χ0v) is 13.5. The number of pyridine rings is 1. The highest BCUT2D eigenvalue weighted by atomic mass is 16.5. The number of hydrogen-bond donors (Lipinski definition) is 2. The number of para-hydroxylation sites is 1. The number of H-pyrrole nitrogens is 1. The van der Waals surface area contributed by atoms with E-state index in [0.717, 1.165) is 0 Å². The first-order valence-electron chi connectivity index (χ1n) is 8.24. The molecule has 2 aromatic rings. The van der Waals surface area contributed by atoms with E-state index >= 15 is 0 Å². The first-order valence-corrected chi connectivity index (χ1v) is 8.24. The zero-order valence-electron chi connectivity index (χ0n) is 13.5. The van der Waals surface area contributed by atoms with E-state index in [-0.39, 0.29) is 23.9 Å². The molecule has 3 heterocycles. The lowest BCUT2D eigenvalue weighted by molar-refractivity contribution is -0.157. The van der Waals surface area contributed by atoms with Gasteiger partial charge in [-0.25, -0.2) is 0 Å². The molecule has 1 aromatic heterocycles. The van der Waals surface area contributed by atoms with Gasteiger partial charge in [-0.15, -0.1) is 0 Å². The van der Waals surface area contributed by atoms with Crippen LogP contribution >= 0.6 is 0 Å². The molecule has 0 unspecified atom stereocenters. The van der Waals surface area contributed by atoms with Crippen LogP contribution < -0.4 is 5.56 Å². The summed E-state index contributed by atoms with van der Waals surface area (Å²) in [7, 11) is 0. The molecule has 0 spiro atoms. The van der Waals surface area contributed by atoms with Crippen molar-refractivity contribution in [3.63, 3.8) is 0 Å². The van der Waals surface area contributed by atoms with Crippen LogP contribution in [0.4, 0.5) is 0 Å². The fraction of sp³-hybridized carbons (Fsp3) is 0.389. The van der Waals surface area contributed by atoms with Gasteiger partial charge < -0.3 is 19.7 Å². The maximum atomic E-state index is 13.1. The summed E-state index contributed by atoms with van der Waals surface area (Å²) in [6.07, 6.45) is 0.396. The number of carboxylic acid groups (broad SMARTS) is 1. The van der Waals surface area contributed by atoms with Crippen LogP contribution in [0.15, 0.2) is 35.1 Å². The number of carboxylic acids is 1. The number of nitrogens with zero attached hydrogens (tertiary/aromatic N) is 1. The van der Waals surface area contributed by atoms with Crippen LogP contribution in [-0.4, -0.2) is 53.2 Å². The Morgan fingerprint density at radius 2 is 2.12 bits per heavy atom. The number of ether oxygens (including phenoxy) is 1. The Hall–Kier alpha value is -2.67. The fourth-order valence-electron chi connectivity index (χ4n) is 4.01. The van der Waals surface area contributed by atoms with Gasteiger partial charge in [-0.1, -0.05) is 18.2 Å². The third-order valence-electron chi connectivity index (χ3n) is 5.40. The monoisotopic (exact) mass is 342 g/mol. The molecule has 25 heavy (non-hydrogen) atoms. The zero-order chi connectivity index (χ0) is 17.6. The van der Waals surface area contributed by atoms with E-state index in [2.05, 4.69) is 4.98 Å². The standard InChI is InChI=1S/C18H18N2O5/c21-15-7-13(12-3-1-2-4-14(12)19-15)16(22)20-8-11-9-25-6-5-18(11,10-20)17(23)24/h1-4,7,11H,5-6,8-10H2,(H,19,21)(H,23,24)/t11-,18+/m0/s1. The van der Waals surface area contributed by atoms with Crippen molar-refractivity contribution in [3.8, 4) is 0 Å². The number of hydrogen-bond acceptors (Lipinski definition) is 4. The largest absolute Gasteiger partial charge is 0.481 e. The number of carbonyl (C=O) groups is 2. The van der Waals surface area contributed by atoms with Gasteiger partial charge in [0.1, 0.15) is 0 Å². The second-order valence-corrected chi connectivity index (χ2v) is 6.76. The Morgan fingerprint density at radius 3 is 2.88 bits per heavy atom. The van der Waals surface area contributed by atoms with E-state index in [4.69, 9.17) is 4.74 Å². The average molecular weight is 342 g/mol. The number of benzene rings is 1. The van der Waals surface area contributed by atoms with Gasteiger partial charge in [0.05, 0.1) is 17.6 Å². The van der Waals surface area contributed by atoms with Crippen molar-refractivity contribution >= 4 is 22.8 Å². The van der Waals surface area contributed by atoms with E-state index < -0.39 is 11.4 Å². The van der Waals surface area contributed by atoms with Crippen molar-refractivity contribution in [1.82, 2.24) is 9.88 Å².